The second-order valence-corrected chi connectivity index (χ2v) is 2.80. The molecule has 0 rings (SSSR count). The number of methoxy groups -OCH3 is 1. The first-order chi connectivity index (χ1) is 4.90. The average molecular weight is 214 g/mol. The van der Waals surface area contributed by atoms with Crippen molar-refractivity contribution in [3.63, 3.8) is 0 Å². The van der Waals surface area contributed by atoms with E-state index in [-0.39, 0.29) is 29.6 Å². The van der Waals surface area contributed by atoms with Crippen LogP contribution in [0.1, 0.15) is 0 Å². The fourth-order valence-corrected chi connectivity index (χ4v) is 0.496. The first kappa shape index (κ1) is 14.6. The number of ether oxygens (including phenoxy) is 1. The van der Waals surface area contributed by atoms with Gasteiger partial charge in [0.25, 0.3) is 0 Å². The predicted molar refractivity (Wildman–Crippen MR) is 35.6 cm³/mol. The van der Waals surface area contributed by atoms with Crippen molar-refractivity contribution in [3.8, 4) is 0 Å². The Morgan fingerprint density at radius 1 is 1.42 bits per heavy atom. The van der Waals surface area contributed by atoms with Crippen LogP contribution in [-0.2, 0) is 19.0 Å². The van der Waals surface area contributed by atoms with Gasteiger partial charge in [-0.05, 0) is 0 Å². The van der Waals surface area contributed by atoms with Crippen LogP contribution in [0.4, 0.5) is 13.6 Å². The van der Waals surface area contributed by atoms with Crippen molar-refractivity contribution in [2.75, 3.05) is 7.11 Å². The summed E-state index contributed by atoms with van der Waals surface area (Å²) in [6.45, 7) is 0. The molecule has 0 aliphatic rings. The van der Waals surface area contributed by atoms with E-state index in [0.29, 0.717) is 0 Å². The number of carbonyl (C=O) groups is 1. The molecule has 0 aromatic rings. The second-order valence-electron chi connectivity index (χ2n) is 1.29. The van der Waals surface area contributed by atoms with Gasteiger partial charge in [-0.3, -0.25) is 0 Å². The van der Waals surface area contributed by atoms with Gasteiger partial charge < -0.3 is 8.92 Å². The van der Waals surface area contributed by atoms with E-state index in [4.69, 9.17) is 0 Å². The van der Waals surface area contributed by atoms with E-state index in [1.807, 2.05) is 0 Å². The molecule has 0 aromatic carbocycles. The van der Waals surface area contributed by atoms with Crippen LogP contribution in [0.25, 0.3) is 0 Å². The zero-order valence-electron chi connectivity index (χ0n) is 5.28. The van der Waals surface area contributed by atoms with E-state index in [2.05, 4.69) is 8.92 Å². The third-order valence-electron chi connectivity index (χ3n) is 0.569. The van der Waals surface area contributed by atoms with Crippen molar-refractivity contribution in [2.24, 2.45) is 0 Å². The van der Waals surface area contributed by atoms with E-state index in [9.17, 15) is 22.0 Å². The molecule has 0 unspecified atom stereocenters. The second kappa shape index (κ2) is 5.68. The summed E-state index contributed by atoms with van der Waals surface area (Å²) in [7, 11) is -4.32. The summed E-state index contributed by atoms with van der Waals surface area (Å²) in [4.78, 5) is 9.97. The molecule has 0 aromatic heterocycles. The van der Waals surface area contributed by atoms with Gasteiger partial charge in [-0.25, -0.2) is 4.79 Å². The summed E-state index contributed by atoms with van der Waals surface area (Å²) in [5.41, 5.74) is 0. The molecule has 0 heterocycles. The van der Waals surface area contributed by atoms with Gasteiger partial charge in [0, 0.05) is 0 Å². The van der Waals surface area contributed by atoms with Gasteiger partial charge in [-0.15, -0.1) is 0 Å². The number of carbonyl (C=O) groups excluding carboxylic acids is 1. The first-order valence-electron chi connectivity index (χ1n) is 2.19. The van der Waals surface area contributed by atoms with Crippen LogP contribution in [0.15, 0.2) is 0 Å². The molecule has 5 nitrogen and oxygen atoms in total. The average Bonchev–Trinajstić information content (AvgIpc) is 1.86. The Hall–Kier alpha value is 0.0800. The zero-order valence-corrected chi connectivity index (χ0v) is 6.10. The molecular formula is C3H5F2NaO5S. The third-order valence-corrected chi connectivity index (χ3v) is 1.37. The van der Waals surface area contributed by atoms with Crippen LogP contribution in [0, 0.1) is 0 Å². The van der Waals surface area contributed by atoms with E-state index in [1.165, 1.54) is 0 Å². The maximum absolute atomic E-state index is 11.4. The molecule has 0 spiro atoms. The molecule has 68 valence electrons. The monoisotopic (exact) mass is 214 g/mol. The molecule has 0 fully saturated rings. The quantitative estimate of drug-likeness (QED) is 0.357. The molecule has 0 saturated carbocycles. The Morgan fingerprint density at radius 3 is 2.08 bits per heavy atom. The Kier molecular flexibility index (Phi) is 6.91. The molecular weight excluding hydrogens is 209 g/mol. The fourth-order valence-electron chi connectivity index (χ4n) is 0.165. The van der Waals surface area contributed by atoms with Gasteiger partial charge in [0.1, 0.15) is 0 Å². The summed E-state index contributed by atoms with van der Waals surface area (Å²) in [5.74, 6) is -3.75. The van der Waals surface area contributed by atoms with Crippen LogP contribution in [0.3, 0.4) is 0 Å². The van der Waals surface area contributed by atoms with Gasteiger partial charge >= 0.3 is 51.6 Å². The van der Waals surface area contributed by atoms with Crippen molar-refractivity contribution in [3.05, 3.63) is 0 Å². The van der Waals surface area contributed by atoms with Crippen molar-refractivity contribution in [2.45, 2.75) is 5.76 Å². The van der Waals surface area contributed by atoms with Crippen LogP contribution < -0.4 is 0 Å². The molecule has 0 atom stereocenters. The van der Waals surface area contributed by atoms with Gasteiger partial charge in [-0.2, -0.15) is 17.2 Å². The van der Waals surface area contributed by atoms with E-state index < -0.39 is 22.0 Å². The van der Waals surface area contributed by atoms with Gasteiger partial charge in [0.15, 0.2) is 0 Å². The minimum absolute atomic E-state index is 0. The Balaban J connectivity index is 0. The Bertz CT molecular complexity index is 237. The maximum atomic E-state index is 11.4. The molecule has 9 heteroatoms. The summed E-state index contributed by atoms with van der Waals surface area (Å²) >= 11 is 0. The van der Waals surface area contributed by atoms with Crippen molar-refractivity contribution >= 4 is 45.8 Å². The van der Waals surface area contributed by atoms with Gasteiger partial charge in [-0.1, -0.05) is 0 Å². The summed E-state index contributed by atoms with van der Waals surface area (Å²) in [6.07, 6.45) is -1.69. The topological polar surface area (TPSA) is 69.7 Å². The van der Waals surface area contributed by atoms with Crippen molar-refractivity contribution in [1.82, 2.24) is 0 Å². The van der Waals surface area contributed by atoms with E-state index >= 15 is 0 Å². The predicted octanol–water partition coefficient (Wildman–Crippen LogP) is -0.327. The van der Waals surface area contributed by atoms with Gasteiger partial charge in [0.2, 0.25) is 0 Å². The summed E-state index contributed by atoms with van der Waals surface area (Å²) < 4.78 is 49.7. The van der Waals surface area contributed by atoms with Crippen LogP contribution >= 0.6 is 0 Å². The molecule has 0 saturated heterocycles. The molecule has 0 bridgehead atoms. The zero-order chi connectivity index (χ0) is 9.07. The third kappa shape index (κ3) is 4.86. The SMILES string of the molecule is COC(=O)OS(=O)(=O)C(F)F.[NaH]. The Labute approximate surface area is 89.4 Å². The fraction of sp³-hybridized carbons (Fsp3) is 0.667. The van der Waals surface area contributed by atoms with Gasteiger partial charge in [0.05, 0.1) is 7.11 Å². The van der Waals surface area contributed by atoms with Crippen molar-refractivity contribution in [1.29, 1.82) is 0 Å². The number of alkyl halides is 2. The van der Waals surface area contributed by atoms with Crippen LogP contribution in [0.5, 0.6) is 0 Å². The molecule has 0 aliphatic heterocycles. The Morgan fingerprint density at radius 2 is 1.83 bits per heavy atom. The normalized spacial score (nSPS) is 10.3. The molecule has 0 N–H and O–H groups in total. The number of rotatable bonds is 2. The molecule has 0 radical (unpaired) electrons. The number of halogens is 2. The van der Waals surface area contributed by atoms with Crippen molar-refractivity contribution < 1.29 is 30.9 Å². The molecule has 0 amide bonds. The van der Waals surface area contributed by atoms with Crippen LogP contribution in [0.2, 0.25) is 0 Å². The number of hydrogen-bond donors (Lipinski definition) is 0. The molecule has 0 aliphatic carbocycles. The van der Waals surface area contributed by atoms with Crippen LogP contribution in [-0.4, -0.2) is 57.0 Å². The molecule has 12 heavy (non-hydrogen) atoms. The van der Waals surface area contributed by atoms with E-state index in [1.54, 1.807) is 0 Å². The standard InChI is InChI=1S/C3H4F2O5S.Na.H/c1-9-3(6)10-11(7,8)2(4)5;;/h2H,1H3;;. The summed E-state index contributed by atoms with van der Waals surface area (Å²) in [6, 6.07) is 0. The summed E-state index contributed by atoms with van der Waals surface area (Å²) in [5, 5.41) is 0. The number of hydrogen-bond acceptors (Lipinski definition) is 5. The van der Waals surface area contributed by atoms with E-state index in [0.717, 1.165) is 7.11 Å². The first-order valence-corrected chi connectivity index (χ1v) is 3.66. The minimum atomic E-state index is -5.12.